The van der Waals surface area contributed by atoms with Gasteiger partial charge in [0, 0.05) is 25.6 Å². The monoisotopic (exact) mass is 295 g/mol. The van der Waals surface area contributed by atoms with Crippen LogP contribution in [-0.4, -0.2) is 47.7 Å². The Morgan fingerprint density at radius 2 is 1.81 bits per heavy atom. The number of carbonyl (C=O) groups is 2. The number of carboxylic acids is 1. The molecule has 5 heteroatoms. The van der Waals surface area contributed by atoms with Crippen molar-refractivity contribution >= 4 is 11.9 Å². The maximum Gasteiger partial charge on any atom is 0.305 e. The Morgan fingerprint density at radius 1 is 1.10 bits per heavy atom. The highest BCUT2D eigenvalue weighted by Crippen LogP contribution is 2.56. The van der Waals surface area contributed by atoms with Gasteiger partial charge in [0.1, 0.15) is 0 Å². The summed E-state index contributed by atoms with van der Waals surface area (Å²) in [6.07, 6.45) is 6.98. The lowest BCUT2D eigenvalue weighted by atomic mass is 10.0. The van der Waals surface area contributed by atoms with Crippen LogP contribution in [0, 0.1) is 17.8 Å². The molecule has 1 N–H and O–H groups in total. The summed E-state index contributed by atoms with van der Waals surface area (Å²) in [6.45, 7) is 1.66. The van der Waals surface area contributed by atoms with E-state index in [2.05, 4.69) is 0 Å². The van der Waals surface area contributed by atoms with Gasteiger partial charge in [-0.2, -0.15) is 0 Å². The fourth-order valence-electron chi connectivity index (χ4n) is 4.13. The molecule has 0 radical (unpaired) electrons. The first-order valence-corrected chi connectivity index (χ1v) is 8.29. The van der Waals surface area contributed by atoms with Gasteiger partial charge in [-0.05, 0) is 37.5 Å². The van der Waals surface area contributed by atoms with E-state index in [1.165, 1.54) is 25.7 Å². The van der Waals surface area contributed by atoms with E-state index >= 15 is 0 Å². The smallest absolute Gasteiger partial charge is 0.305 e. The molecule has 1 aliphatic heterocycles. The largest absolute Gasteiger partial charge is 0.481 e. The van der Waals surface area contributed by atoms with Gasteiger partial charge in [-0.25, -0.2) is 0 Å². The Bertz CT molecular complexity index is 393. The lowest BCUT2D eigenvalue weighted by Crippen LogP contribution is -2.40. The molecule has 0 aromatic carbocycles. The highest BCUT2D eigenvalue weighted by atomic mass is 16.5. The first-order valence-electron chi connectivity index (χ1n) is 8.29. The molecule has 0 aromatic rings. The second kappa shape index (κ2) is 6.34. The Hall–Kier alpha value is -1.10. The number of amides is 1. The molecular weight excluding hydrogens is 270 g/mol. The summed E-state index contributed by atoms with van der Waals surface area (Å²) in [7, 11) is 0. The predicted molar refractivity (Wildman–Crippen MR) is 76.7 cm³/mol. The average molecular weight is 295 g/mol. The first kappa shape index (κ1) is 14.8. The summed E-state index contributed by atoms with van der Waals surface area (Å²) < 4.78 is 5.62. The summed E-state index contributed by atoms with van der Waals surface area (Å²) >= 11 is 0. The van der Waals surface area contributed by atoms with Gasteiger partial charge in [-0.1, -0.05) is 12.8 Å². The Kier molecular flexibility index (Phi) is 4.48. The lowest BCUT2D eigenvalue weighted by molar-refractivity contribution is -0.139. The van der Waals surface area contributed by atoms with Crippen LogP contribution >= 0.6 is 0 Å². The molecule has 3 atom stereocenters. The van der Waals surface area contributed by atoms with Crippen molar-refractivity contribution < 1.29 is 19.4 Å². The van der Waals surface area contributed by atoms with Crippen molar-refractivity contribution in [3.63, 3.8) is 0 Å². The van der Waals surface area contributed by atoms with Crippen LogP contribution in [0.2, 0.25) is 0 Å². The number of rotatable bonds is 6. The standard InChI is InChI=1S/C16H25NO4/c18-14(19)7-8-17(10-11-4-3-9-21-11)16(20)15-12-5-1-2-6-13(12)15/h11-13,15H,1-10H2,(H,18,19)/t11-,12+,13+/m0/s1. The minimum atomic E-state index is -0.839. The molecule has 1 heterocycles. The lowest BCUT2D eigenvalue weighted by Gasteiger charge is -2.25. The zero-order chi connectivity index (χ0) is 14.8. The molecule has 1 amide bonds. The van der Waals surface area contributed by atoms with Gasteiger partial charge < -0.3 is 14.7 Å². The van der Waals surface area contributed by atoms with Crippen molar-refractivity contribution in [1.82, 2.24) is 4.90 Å². The third-order valence-electron chi connectivity index (χ3n) is 5.30. The van der Waals surface area contributed by atoms with Gasteiger partial charge >= 0.3 is 5.97 Å². The molecule has 2 saturated carbocycles. The van der Waals surface area contributed by atoms with E-state index in [4.69, 9.17) is 9.84 Å². The Morgan fingerprint density at radius 3 is 2.38 bits per heavy atom. The van der Waals surface area contributed by atoms with Crippen molar-refractivity contribution in [3.05, 3.63) is 0 Å². The summed E-state index contributed by atoms with van der Waals surface area (Å²) in [5.74, 6) is 0.658. The molecule has 0 spiro atoms. The molecule has 3 rings (SSSR count). The summed E-state index contributed by atoms with van der Waals surface area (Å²) in [6, 6.07) is 0. The van der Waals surface area contributed by atoms with E-state index < -0.39 is 5.97 Å². The van der Waals surface area contributed by atoms with E-state index in [0.717, 1.165) is 19.4 Å². The molecule has 0 unspecified atom stereocenters. The van der Waals surface area contributed by atoms with Crippen molar-refractivity contribution in [2.75, 3.05) is 19.7 Å². The highest BCUT2D eigenvalue weighted by molar-refractivity contribution is 5.83. The van der Waals surface area contributed by atoms with Crippen LogP contribution in [0.3, 0.4) is 0 Å². The summed E-state index contributed by atoms with van der Waals surface area (Å²) in [5, 5.41) is 8.90. The van der Waals surface area contributed by atoms with Crippen LogP contribution in [0.25, 0.3) is 0 Å². The fraction of sp³-hybridized carbons (Fsp3) is 0.875. The predicted octanol–water partition coefficient (Wildman–Crippen LogP) is 1.90. The van der Waals surface area contributed by atoms with Gasteiger partial charge in [0.15, 0.2) is 0 Å². The van der Waals surface area contributed by atoms with Gasteiger partial charge in [-0.15, -0.1) is 0 Å². The number of hydrogen-bond donors (Lipinski definition) is 1. The number of hydrogen-bond acceptors (Lipinski definition) is 3. The van der Waals surface area contributed by atoms with Gasteiger partial charge in [0.25, 0.3) is 0 Å². The summed E-state index contributed by atoms with van der Waals surface area (Å²) in [4.78, 5) is 25.4. The molecule has 2 aliphatic carbocycles. The number of fused-ring (bicyclic) bond motifs is 1. The second-order valence-corrected chi connectivity index (χ2v) is 6.70. The molecule has 0 bridgehead atoms. The van der Waals surface area contributed by atoms with Crippen molar-refractivity contribution in [2.45, 2.75) is 51.0 Å². The van der Waals surface area contributed by atoms with E-state index in [0.29, 0.717) is 24.9 Å². The molecule has 118 valence electrons. The quantitative estimate of drug-likeness (QED) is 0.813. The molecule has 0 aromatic heterocycles. The summed E-state index contributed by atoms with van der Waals surface area (Å²) in [5.41, 5.74) is 0. The number of aliphatic carboxylic acids is 1. The molecule has 5 nitrogen and oxygen atoms in total. The van der Waals surface area contributed by atoms with Crippen LogP contribution in [-0.2, 0) is 14.3 Å². The van der Waals surface area contributed by atoms with Crippen LogP contribution in [0.15, 0.2) is 0 Å². The molecule has 3 aliphatic rings. The Balaban J connectivity index is 1.59. The zero-order valence-corrected chi connectivity index (χ0v) is 12.5. The van der Waals surface area contributed by atoms with E-state index in [-0.39, 0.29) is 24.3 Å². The molecular formula is C16H25NO4. The van der Waals surface area contributed by atoms with Crippen molar-refractivity contribution in [2.24, 2.45) is 17.8 Å². The second-order valence-electron chi connectivity index (χ2n) is 6.70. The maximum atomic E-state index is 12.7. The molecule has 1 saturated heterocycles. The van der Waals surface area contributed by atoms with E-state index in [1.54, 1.807) is 4.90 Å². The molecule has 21 heavy (non-hydrogen) atoms. The number of ether oxygens (including phenoxy) is 1. The number of carbonyl (C=O) groups excluding carboxylic acids is 1. The van der Waals surface area contributed by atoms with Gasteiger partial charge in [0.2, 0.25) is 5.91 Å². The normalized spacial score (nSPS) is 34.3. The SMILES string of the molecule is O=C(O)CCN(C[C@@H]1CCCO1)C(=O)C1[C@@H]2CCCC[C@@H]12. The van der Waals surface area contributed by atoms with Crippen molar-refractivity contribution in [3.8, 4) is 0 Å². The number of nitrogens with zero attached hydrogens (tertiary/aromatic N) is 1. The van der Waals surface area contributed by atoms with E-state index in [9.17, 15) is 9.59 Å². The first-order chi connectivity index (χ1) is 10.2. The maximum absolute atomic E-state index is 12.7. The third kappa shape index (κ3) is 3.39. The highest BCUT2D eigenvalue weighted by Gasteiger charge is 2.55. The fourth-order valence-corrected chi connectivity index (χ4v) is 4.13. The Labute approximate surface area is 125 Å². The van der Waals surface area contributed by atoms with E-state index in [1.807, 2.05) is 0 Å². The van der Waals surface area contributed by atoms with Gasteiger partial charge in [0.05, 0.1) is 12.5 Å². The van der Waals surface area contributed by atoms with Gasteiger partial charge in [-0.3, -0.25) is 9.59 Å². The van der Waals surface area contributed by atoms with Crippen LogP contribution in [0.1, 0.15) is 44.9 Å². The topological polar surface area (TPSA) is 66.8 Å². The average Bonchev–Trinajstić information content (AvgIpc) is 2.97. The van der Waals surface area contributed by atoms with Crippen LogP contribution < -0.4 is 0 Å². The third-order valence-corrected chi connectivity index (χ3v) is 5.30. The minimum absolute atomic E-state index is 0.0283. The minimum Gasteiger partial charge on any atom is -0.481 e. The molecule has 3 fully saturated rings. The zero-order valence-electron chi connectivity index (χ0n) is 12.5. The van der Waals surface area contributed by atoms with Crippen LogP contribution in [0.5, 0.6) is 0 Å². The van der Waals surface area contributed by atoms with Crippen molar-refractivity contribution in [1.29, 1.82) is 0 Å². The number of carboxylic acid groups (broad SMARTS) is 1. The van der Waals surface area contributed by atoms with Crippen LogP contribution in [0.4, 0.5) is 0 Å².